The third kappa shape index (κ3) is 2.99. The average molecular weight is 258 g/mol. The number of rotatable bonds is 4. The minimum absolute atomic E-state index is 0.306. The first kappa shape index (κ1) is 12.7. The molecule has 1 aliphatic carbocycles. The highest BCUT2D eigenvalue weighted by atomic mass is 16.5. The van der Waals surface area contributed by atoms with Gasteiger partial charge in [0, 0.05) is 18.4 Å². The molecule has 1 saturated carbocycles. The van der Waals surface area contributed by atoms with Gasteiger partial charge in [-0.1, -0.05) is 32.1 Å². The molecule has 0 unspecified atom stereocenters. The molecule has 2 nitrogen and oxygen atoms in total. The van der Waals surface area contributed by atoms with E-state index in [0.717, 1.165) is 36.7 Å². The fourth-order valence-electron chi connectivity index (χ4n) is 3.32. The van der Waals surface area contributed by atoms with Crippen molar-refractivity contribution in [2.45, 2.75) is 51.4 Å². The third-order valence-corrected chi connectivity index (χ3v) is 4.52. The standard InChI is InChI=1S/C17H22O2/c18-16(8-6-13-4-2-1-3-5-13)14-7-9-17-15(12-14)10-11-19-17/h7,9,12-13H,1-6,8,10-11H2. The maximum absolute atomic E-state index is 12.2. The van der Waals surface area contributed by atoms with E-state index in [1.807, 2.05) is 18.2 Å². The van der Waals surface area contributed by atoms with Gasteiger partial charge in [0.25, 0.3) is 0 Å². The van der Waals surface area contributed by atoms with Crippen molar-refractivity contribution < 1.29 is 9.53 Å². The summed E-state index contributed by atoms with van der Waals surface area (Å²) in [5.41, 5.74) is 2.07. The fourth-order valence-corrected chi connectivity index (χ4v) is 3.32. The molecule has 1 aromatic rings. The molecule has 1 aliphatic heterocycles. The Balaban J connectivity index is 1.57. The summed E-state index contributed by atoms with van der Waals surface area (Å²) in [4.78, 5) is 12.2. The van der Waals surface area contributed by atoms with Crippen LogP contribution >= 0.6 is 0 Å². The van der Waals surface area contributed by atoms with E-state index in [4.69, 9.17) is 4.74 Å². The van der Waals surface area contributed by atoms with Crippen LogP contribution in [0.2, 0.25) is 0 Å². The molecule has 19 heavy (non-hydrogen) atoms. The summed E-state index contributed by atoms with van der Waals surface area (Å²) in [6.45, 7) is 0.759. The Morgan fingerprint density at radius 3 is 2.89 bits per heavy atom. The predicted molar refractivity (Wildman–Crippen MR) is 75.8 cm³/mol. The van der Waals surface area contributed by atoms with E-state index in [-0.39, 0.29) is 0 Å². The van der Waals surface area contributed by atoms with Gasteiger partial charge in [0.2, 0.25) is 0 Å². The number of Topliss-reactive ketones (excluding diaryl/α,β-unsaturated/α-hetero) is 1. The molecule has 2 aliphatic rings. The lowest BCUT2D eigenvalue weighted by Crippen LogP contribution is -2.09. The summed E-state index contributed by atoms with van der Waals surface area (Å²) in [5.74, 6) is 2.06. The molecule has 0 saturated heterocycles. The van der Waals surface area contributed by atoms with Gasteiger partial charge in [0.15, 0.2) is 5.78 Å². The van der Waals surface area contributed by atoms with Crippen LogP contribution in [0.1, 0.15) is 60.9 Å². The third-order valence-electron chi connectivity index (χ3n) is 4.52. The van der Waals surface area contributed by atoms with Gasteiger partial charge in [-0.25, -0.2) is 0 Å². The van der Waals surface area contributed by atoms with Crippen molar-refractivity contribution in [2.24, 2.45) is 5.92 Å². The highest BCUT2D eigenvalue weighted by Crippen LogP contribution is 2.29. The Morgan fingerprint density at radius 1 is 1.21 bits per heavy atom. The van der Waals surface area contributed by atoms with Gasteiger partial charge in [-0.3, -0.25) is 4.79 Å². The topological polar surface area (TPSA) is 26.3 Å². The quantitative estimate of drug-likeness (QED) is 0.758. The molecular formula is C17H22O2. The molecule has 0 spiro atoms. The molecule has 0 bridgehead atoms. The maximum Gasteiger partial charge on any atom is 0.162 e. The van der Waals surface area contributed by atoms with E-state index in [9.17, 15) is 4.79 Å². The van der Waals surface area contributed by atoms with Crippen LogP contribution in [0.25, 0.3) is 0 Å². The van der Waals surface area contributed by atoms with Crippen molar-refractivity contribution in [1.29, 1.82) is 0 Å². The van der Waals surface area contributed by atoms with Crippen molar-refractivity contribution in [3.05, 3.63) is 29.3 Å². The molecule has 1 aromatic carbocycles. The number of carbonyl (C=O) groups is 1. The Bertz CT molecular complexity index is 458. The van der Waals surface area contributed by atoms with Crippen molar-refractivity contribution in [2.75, 3.05) is 6.61 Å². The zero-order valence-corrected chi connectivity index (χ0v) is 11.5. The van der Waals surface area contributed by atoms with Crippen LogP contribution in [0.4, 0.5) is 0 Å². The minimum Gasteiger partial charge on any atom is -0.493 e. The maximum atomic E-state index is 12.2. The molecule has 102 valence electrons. The van der Waals surface area contributed by atoms with Gasteiger partial charge in [-0.05, 0) is 36.1 Å². The summed E-state index contributed by atoms with van der Waals surface area (Å²) < 4.78 is 5.48. The first-order chi connectivity index (χ1) is 9.33. The van der Waals surface area contributed by atoms with Crippen LogP contribution in [0.3, 0.4) is 0 Å². The highest BCUT2D eigenvalue weighted by molar-refractivity contribution is 5.96. The Morgan fingerprint density at radius 2 is 2.05 bits per heavy atom. The number of carbonyl (C=O) groups excluding carboxylic acids is 1. The van der Waals surface area contributed by atoms with Crippen LogP contribution in [0.15, 0.2) is 18.2 Å². The van der Waals surface area contributed by atoms with E-state index < -0.39 is 0 Å². The van der Waals surface area contributed by atoms with Crippen molar-refractivity contribution in [3.8, 4) is 5.75 Å². The molecule has 0 radical (unpaired) electrons. The summed E-state index contributed by atoms with van der Waals surface area (Å²) >= 11 is 0. The summed E-state index contributed by atoms with van der Waals surface area (Å²) in [6.07, 6.45) is 9.48. The van der Waals surface area contributed by atoms with Gasteiger partial charge < -0.3 is 4.74 Å². The lowest BCUT2D eigenvalue weighted by atomic mass is 9.85. The van der Waals surface area contributed by atoms with Gasteiger partial charge in [0.1, 0.15) is 5.75 Å². The molecular weight excluding hydrogens is 236 g/mol. The van der Waals surface area contributed by atoms with Crippen LogP contribution in [0, 0.1) is 5.92 Å². The largest absolute Gasteiger partial charge is 0.493 e. The molecule has 1 heterocycles. The van der Waals surface area contributed by atoms with E-state index >= 15 is 0 Å². The molecule has 0 atom stereocenters. The first-order valence-electron chi connectivity index (χ1n) is 7.62. The second-order valence-electron chi connectivity index (χ2n) is 5.89. The molecule has 3 rings (SSSR count). The van der Waals surface area contributed by atoms with Crippen LogP contribution in [-0.2, 0) is 6.42 Å². The monoisotopic (exact) mass is 258 g/mol. The lowest BCUT2D eigenvalue weighted by molar-refractivity contribution is 0.0970. The van der Waals surface area contributed by atoms with Crippen molar-refractivity contribution >= 4 is 5.78 Å². The fraction of sp³-hybridized carbons (Fsp3) is 0.588. The Labute approximate surface area is 115 Å². The van der Waals surface area contributed by atoms with Crippen LogP contribution in [0.5, 0.6) is 5.75 Å². The number of benzene rings is 1. The predicted octanol–water partition coefficient (Wildman–Crippen LogP) is 4.16. The molecule has 0 N–H and O–H groups in total. The number of ether oxygens (including phenoxy) is 1. The molecule has 2 heteroatoms. The Kier molecular flexibility index (Phi) is 3.86. The minimum atomic E-state index is 0.306. The Hall–Kier alpha value is -1.31. The van der Waals surface area contributed by atoms with E-state index in [2.05, 4.69) is 0 Å². The molecule has 0 aromatic heterocycles. The van der Waals surface area contributed by atoms with Crippen LogP contribution < -0.4 is 4.74 Å². The number of hydrogen-bond acceptors (Lipinski definition) is 2. The van der Waals surface area contributed by atoms with Gasteiger partial charge in [-0.2, -0.15) is 0 Å². The highest BCUT2D eigenvalue weighted by Gasteiger charge is 2.17. The number of hydrogen-bond donors (Lipinski definition) is 0. The molecule has 0 amide bonds. The van der Waals surface area contributed by atoms with E-state index in [0.29, 0.717) is 12.2 Å². The van der Waals surface area contributed by atoms with Crippen molar-refractivity contribution in [1.82, 2.24) is 0 Å². The second-order valence-corrected chi connectivity index (χ2v) is 5.89. The number of fused-ring (bicyclic) bond motifs is 1. The van der Waals surface area contributed by atoms with Gasteiger partial charge >= 0.3 is 0 Å². The number of ketones is 1. The summed E-state index contributed by atoms with van der Waals surface area (Å²) in [7, 11) is 0. The normalized spacial score (nSPS) is 18.9. The second kappa shape index (κ2) is 5.77. The molecule has 1 fully saturated rings. The van der Waals surface area contributed by atoms with Crippen LogP contribution in [-0.4, -0.2) is 12.4 Å². The van der Waals surface area contributed by atoms with E-state index in [1.165, 1.54) is 37.7 Å². The van der Waals surface area contributed by atoms with Gasteiger partial charge in [-0.15, -0.1) is 0 Å². The zero-order valence-electron chi connectivity index (χ0n) is 11.5. The lowest BCUT2D eigenvalue weighted by Gasteiger charge is -2.20. The zero-order chi connectivity index (χ0) is 13.1. The first-order valence-corrected chi connectivity index (χ1v) is 7.62. The smallest absolute Gasteiger partial charge is 0.162 e. The van der Waals surface area contributed by atoms with Crippen molar-refractivity contribution in [3.63, 3.8) is 0 Å². The van der Waals surface area contributed by atoms with Gasteiger partial charge in [0.05, 0.1) is 6.61 Å². The summed E-state index contributed by atoms with van der Waals surface area (Å²) in [5, 5.41) is 0. The SMILES string of the molecule is O=C(CCC1CCCCC1)c1ccc2c(c1)CCO2. The average Bonchev–Trinajstić information content (AvgIpc) is 2.93. The summed E-state index contributed by atoms with van der Waals surface area (Å²) in [6, 6.07) is 5.91. The van der Waals surface area contributed by atoms with E-state index in [1.54, 1.807) is 0 Å².